The average Bonchev–Trinajstić information content (AvgIpc) is 2.74. The van der Waals surface area contributed by atoms with E-state index >= 15 is 0 Å². The number of furan rings is 1. The van der Waals surface area contributed by atoms with Crippen molar-refractivity contribution in [2.75, 3.05) is 5.75 Å². The highest BCUT2D eigenvalue weighted by Crippen LogP contribution is 2.28. The Hall–Kier alpha value is -0.710. The number of benzene rings is 1. The monoisotopic (exact) mass is 297 g/mol. The molecular weight excluding hydrogens is 286 g/mol. The van der Waals surface area contributed by atoms with Gasteiger partial charge in [-0.3, -0.25) is 0 Å². The smallest absolute Gasteiger partial charge is 0.135 e. The van der Waals surface area contributed by atoms with Gasteiger partial charge in [-0.15, -0.1) is 11.8 Å². The van der Waals surface area contributed by atoms with Crippen molar-refractivity contribution < 1.29 is 4.42 Å². The zero-order valence-electron chi connectivity index (χ0n) is 8.60. The van der Waals surface area contributed by atoms with Gasteiger partial charge >= 0.3 is 0 Å². The molecule has 1 atom stereocenters. The summed E-state index contributed by atoms with van der Waals surface area (Å²) in [4.78, 5) is 1.22. The lowest BCUT2D eigenvalue weighted by Gasteiger charge is -2.08. The number of hydrogen-bond acceptors (Lipinski definition) is 3. The van der Waals surface area contributed by atoms with Crippen molar-refractivity contribution in [3.05, 3.63) is 52.9 Å². The first kappa shape index (κ1) is 11.8. The van der Waals surface area contributed by atoms with Crippen LogP contribution in [0.1, 0.15) is 11.8 Å². The van der Waals surface area contributed by atoms with E-state index in [0.29, 0.717) is 0 Å². The lowest BCUT2D eigenvalue weighted by atomic mass is 10.3. The summed E-state index contributed by atoms with van der Waals surface area (Å²) >= 11 is 5.14. The molecule has 0 fully saturated rings. The van der Waals surface area contributed by atoms with Crippen LogP contribution in [0, 0.1) is 0 Å². The lowest BCUT2D eigenvalue weighted by Crippen LogP contribution is -2.12. The van der Waals surface area contributed by atoms with Gasteiger partial charge in [-0.1, -0.05) is 18.2 Å². The van der Waals surface area contributed by atoms with E-state index in [0.717, 1.165) is 16.0 Å². The summed E-state index contributed by atoms with van der Waals surface area (Å²) in [5.41, 5.74) is 6.04. The van der Waals surface area contributed by atoms with Crippen LogP contribution < -0.4 is 5.73 Å². The van der Waals surface area contributed by atoms with E-state index in [1.807, 2.05) is 24.3 Å². The van der Waals surface area contributed by atoms with Gasteiger partial charge in [0.25, 0.3) is 0 Å². The van der Waals surface area contributed by atoms with Gasteiger partial charge in [0.2, 0.25) is 0 Å². The molecule has 0 saturated carbocycles. The van der Waals surface area contributed by atoms with Gasteiger partial charge in [-0.05, 0) is 34.1 Å². The predicted octanol–water partition coefficient (Wildman–Crippen LogP) is 3.83. The summed E-state index contributed by atoms with van der Waals surface area (Å²) in [5.74, 6) is 1.61. The fraction of sp³-hybridized carbons (Fsp3) is 0.167. The van der Waals surface area contributed by atoms with Gasteiger partial charge in [0.05, 0.1) is 16.8 Å². The Morgan fingerprint density at radius 1 is 1.25 bits per heavy atom. The Bertz CT molecular complexity index is 443. The molecule has 2 aromatic rings. The molecule has 0 radical (unpaired) electrons. The third kappa shape index (κ3) is 2.90. The molecule has 0 amide bonds. The summed E-state index contributed by atoms with van der Waals surface area (Å²) in [7, 11) is 0. The standard InChI is InChI=1S/C12H12BrNOS/c13-10-6-7-15-12(10)11(14)8-16-9-4-2-1-3-5-9/h1-7,11H,8,14H2. The van der Waals surface area contributed by atoms with Crippen LogP contribution in [0.25, 0.3) is 0 Å². The van der Waals surface area contributed by atoms with E-state index in [4.69, 9.17) is 10.2 Å². The highest BCUT2D eigenvalue weighted by molar-refractivity contribution is 9.10. The first-order valence-electron chi connectivity index (χ1n) is 4.93. The van der Waals surface area contributed by atoms with Crippen LogP contribution in [0.15, 0.2) is 56.4 Å². The molecular formula is C12H12BrNOS. The number of rotatable bonds is 4. The van der Waals surface area contributed by atoms with Crippen molar-refractivity contribution in [1.82, 2.24) is 0 Å². The second kappa shape index (κ2) is 5.57. The first-order valence-corrected chi connectivity index (χ1v) is 6.71. The Kier molecular flexibility index (Phi) is 4.09. The minimum atomic E-state index is -0.0884. The molecule has 1 unspecified atom stereocenters. The molecule has 4 heteroatoms. The average molecular weight is 298 g/mol. The van der Waals surface area contributed by atoms with Gasteiger partial charge in [-0.25, -0.2) is 0 Å². The maximum Gasteiger partial charge on any atom is 0.135 e. The molecule has 0 spiro atoms. The highest BCUT2D eigenvalue weighted by atomic mass is 79.9. The van der Waals surface area contributed by atoms with Gasteiger partial charge < -0.3 is 10.2 Å². The van der Waals surface area contributed by atoms with Crippen LogP contribution in [0.4, 0.5) is 0 Å². The molecule has 2 N–H and O–H groups in total. The zero-order valence-corrected chi connectivity index (χ0v) is 11.0. The molecule has 0 aliphatic rings. The van der Waals surface area contributed by atoms with Crippen molar-refractivity contribution in [2.45, 2.75) is 10.9 Å². The second-order valence-electron chi connectivity index (χ2n) is 3.36. The molecule has 0 aliphatic carbocycles. The predicted molar refractivity (Wildman–Crippen MR) is 70.5 cm³/mol. The zero-order chi connectivity index (χ0) is 11.4. The van der Waals surface area contributed by atoms with Crippen LogP contribution >= 0.6 is 27.7 Å². The Morgan fingerprint density at radius 2 is 2.00 bits per heavy atom. The van der Waals surface area contributed by atoms with Crippen molar-refractivity contribution in [2.24, 2.45) is 5.73 Å². The molecule has 16 heavy (non-hydrogen) atoms. The van der Waals surface area contributed by atoms with Gasteiger partial charge in [0, 0.05) is 10.6 Å². The second-order valence-corrected chi connectivity index (χ2v) is 5.31. The fourth-order valence-corrected chi connectivity index (χ4v) is 2.72. The molecule has 0 aliphatic heterocycles. The summed E-state index contributed by atoms with van der Waals surface area (Å²) in [5, 5.41) is 0. The van der Waals surface area contributed by atoms with Crippen molar-refractivity contribution in [3.63, 3.8) is 0 Å². The molecule has 1 aromatic heterocycles. The first-order chi connectivity index (χ1) is 7.77. The molecule has 2 nitrogen and oxygen atoms in total. The minimum absolute atomic E-state index is 0.0884. The van der Waals surface area contributed by atoms with Gasteiger partial charge in [0.1, 0.15) is 5.76 Å². The topological polar surface area (TPSA) is 39.2 Å². The minimum Gasteiger partial charge on any atom is -0.466 e. The van der Waals surface area contributed by atoms with Gasteiger partial charge in [-0.2, -0.15) is 0 Å². The molecule has 84 valence electrons. The Balaban J connectivity index is 1.94. The van der Waals surface area contributed by atoms with E-state index in [9.17, 15) is 0 Å². The Labute approximate surface area is 107 Å². The summed E-state index contributed by atoms with van der Waals surface area (Å²) in [6, 6.07) is 12.0. The van der Waals surface area contributed by atoms with Crippen LogP contribution in [0.2, 0.25) is 0 Å². The maximum atomic E-state index is 6.04. The van der Waals surface area contributed by atoms with E-state index in [1.54, 1.807) is 18.0 Å². The van der Waals surface area contributed by atoms with Crippen LogP contribution in [0.3, 0.4) is 0 Å². The number of halogens is 1. The third-order valence-corrected chi connectivity index (χ3v) is 3.94. The molecule has 1 heterocycles. The molecule has 0 saturated heterocycles. The quantitative estimate of drug-likeness (QED) is 0.872. The van der Waals surface area contributed by atoms with Crippen LogP contribution in [0.5, 0.6) is 0 Å². The maximum absolute atomic E-state index is 6.04. The van der Waals surface area contributed by atoms with Crippen molar-refractivity contribution in [3.8, 4) is 0 Å². The molecule has 0 bridgehead atoms. The van der Waals surface area contributed by atoms with E-state index < -0.39 is 0 Å². The normalized spacial score (nSPS) is 12.6. The third-order valence-electron chi connectivity index (χ3n) is 2.15. The van der Waals surface area contributed by atoms with Crippen molar-refractivity contribution in [1.29, 1.82) is 0 Å². The van der Waals surface area contributed by atoms with Crippen molar-refractivity contribution >= 4 is 27.7 Å². The number of hydrogen-bond donors (Lipinski definition) is 1. The molecule has 1 aromatic carbocycles. The fourth-order valence-electron chi connectivity index (χ4n) is 1.35. The largest absolute Gasteiger partial charge is 0.466 e. The van der Waals surface area contributed by atoms with E-state index in [2.05, 4.69) is 28.1 Å². The van der Waals surface area contributed by atoms with Crippen LogP contribution in [-0.2, 0) is 0 Å². The lowest BCUT2D eigenvalue weighted by molar-refractivity contribution is 0.480. The highest BCUT2D eigenvalue weighted by Gasteiger charge is 2.13. The SMILES string of the molecule is NC(CSc1ccccc1)c1occc1Br. The van der Waals surface area contributed by atoms with Crippen LogP contribution in [-0.4, -0.2) is 5.75 Å². The molecule has 2 rings (SSSR count). The summed E-state index contributed by atoms with van der Waals surface area (Å²) in [6.07, 6.45) is 1.65. The summed E-state index contributed by atoms with van der Waals surface area (Å²) < 4.78 is 6.27. The van der Waals surface area contributed by atoms with E-state index in [-0.39, 0.29) is 6.04 Å². The number of thioether (sulfide) groups is 1. The number of nitrogens with two attached hydrogens (primary N) is 1. The van der Waals surface area contributed by atoms with Gasteiger partial charge in [0.15, 0.2) is 0 Å². The van der Waals surface area contributed by atoms with E-state index in [1.165, 1.54) is 4.90 Å². The summed E-state index contributed by atoms with van der Waals surface area (Å²) in [6.45, 7) is 0. The Morgan fingerprint density at radius 3 is 2.62 bits per heavy atom.